The molecule has 0 aliphatic rings. The van der Waals surface area contributed by atoms with Crippen LogP contribution in [0.3, 0.4) is 0 Å². The summed E-state index contributed by atoms with van der Waals surface area (Å²) in [6, 6.07) is -0.555. The Morgan fingerprint density at radius 3 is 0.986 bits per heavy atom. The fourth-order valence-corrected chi connectivity index (χ4v) is 10.2. The van der Waals surface area contributed by atoms with E-state index in [1.807, 2.05) is 0 Å². The lowest BCUT2D eigenvalue weighted by molar-refractivity contribution is -0.143. The minimum Gasteiger partial charge on any atom is -0.466 e. The lowest BCUT2D eigenvalue weighted by Gasteiger charge is -2.22. The average Bonchev–Trinajstić information content (AvgIpc) is 3.38. The Kier molecular flexibility index (Phi) is 60.5. The molecule has 0 spiro atoms. The van der Waals surface area contributed by atoms with Crippen molar-refractivity contribution in [1.82, 2.24) is 5.32 Å². The summed E-state index contributed by atoms with van der Waals surface area (Å²) in [6.07, 6.45) is 76.2. The van der Waals surface area contributed by atoms with Gasteiger partial charge in [0.15, 0.2) is 0 Å². The Labute approximate surface area is 450 Å². The van der Waals surface area contributed by atoms with Crippen LogP contribution in [0.4, 0.5) is 0 Å². The molecule has 3 N–H and O–H groups in total. The number of carbonyl (C=O) groups excluding carboxylic acids is 2. The molecule has 0 saturated carbocycles. The second kappa shape index (κ2) is 61.9. The van der Waals surface area contributed by atoms with E-state index in [9.17, 15) is 19.8 Å². The van der Waals surface area contributed by atoms with Gasteiger partial charge < -0.3 is 20.3 Å². The predicted octanol–water partition coefficient (Wildman–Crippen LogP) is 20.6. The number of hydrogen-bond donors (Lipinski definition) is 3. The normalized spacial score (nSPS) is 12.7. The lowest BCUT2D eigenvalue weighted by Crippen LogP contribution is -2.45. The van der Waals surface area contributed by atoms with Crippen molar-refractivity contribution in [3.8, 4) is 0 Å². The highest BCUT2D eigenvalue weighted by atomic mass is 16.5. The van der Waals surface area contributed by atoms with Gasteiger partial charge in [0.1, 0.15) is 0 Å². The summed E-state index contributed by atoms with van der Waals surface area (Å²) in [7, 11) is 0. The summed E-state index contributed by atoms with van der Waals surface area (Å²) in [5.41, 5.74) is 0. The maximum absolute atomic E-state index is 12.5. The van der Waals surface area contributed by atoms with Gasteiger partial charge in [0.2, 0.25) is 5.91 Å². The van der Waals surface area contributed by atoms with Crippen molar-refractivity contribution in [2.24, 2.45) is 0 Å². The van der Waals surface area contributed by atoms with Gasteiger partial charge in [-0.25, -0.2) is 0 Å². The summed E-state index contributed by atoms with van der Waals surface area (Å²) in [5, 5.41) is 23.4. The van der Waals surface area contributed by atoms with E-state index in [0.717, 1.165) is 64.2 Å². The van der Waals surface area contributed by atoms with Crippen molar-refractivity contribution in [3.05, 3.63) is 24.3 Å². The minimum atomic E-state index is -0.677. The molecule has 0 aromatic carbocycles. The number of rotatable bonds is 61. The second-order valence-corrected chi connectivity index (χ2v) is 22.4. The first-order valence-corrected chi connectivity index (χ1v) is 32.6. The molecular weight excluding hydrogens is 887 g/mol. The smallest absolute Gasteiger partial charge is 0.305 e. The first kappa shape index (κ1) is 70.3. The number of aliphatic hydroxyl groups is 2. The van der Waals surface area contributed by atoms with E-state index < -0.39 is 12.1 Å². The monoisotopic (exact) mass is 1010 g/mol. The molecule has 72 heavy (non-hydrogen) atoms. The highest BCUT2D eigenvalue weighted by Crippen LogP contribution is 2.18. The number of amides is 1. The molecule has 1 amide bonds. The van der Waals surface area contributed by atoms with Gasteiger partial charge in [-0.3, -0.25) is 9.59 Å². The second-order valence-electron chi connectivity index (χ2n) is 22.4. The molecule has 6 heteroatoms. The molecule has 2 atom stereocenters. The number of esters is 1. The van der Waals surface area contributed by atoms with Crippen LogP contribution in [0.25, 0.3) is 0 Å². The van der Waals surface area contributed by atoms with Crippen LogP contribution >= 0.6 is 0 Å². The van der Waals surface area contributed by atoms with E-state index in [-0.39, 0.29) is 18.5 Å². The summed E-state index contributed by atoms with van der Waals surface area (Å²) < 4.78 is 5.47. The largest absolute Gasteiger partial charge is 0.466 e. The first-order chi connectivity index (χ1) is 35.5. The van der Waals surface area contributed by atoms with Gasteiger partial charge in [0, 0.05) is 12.8 Å². The lowest BCUT2D eigenvalue weighted by atomic mass is 10.0. The molecule has 6 nitrogen and oxygen atoms in total. The number of nitrogens with one attached hydrogen (secondary N) is 1. The fraction of sp³-hybridized carbons (Fsp3) is 0.909. The number of allylic oxidation sites excluding steroid dienone is 4. The van der Waals surface area contributed by atoms with Crippen LogP contribution in [-0.4, -0.2) is 47.4 Å². The zero-order valence-corrected chi connectivity index (χ0v) is 48.7. The van der Waals surface area contributed by atoms with Gasteiger partial charge in [-0.1, -0.05) is 295 Å². The van der Waals surface area contributed by atoms with E-state index in [0.29, 0.717) is 25.9 Å². The molecule has 426 valence electrons. The Bertz CT molecular complexity index is 1120. The molecule has 0 aliphatic carbocycles. The summed E-state index contributed by atoms with van der Waals surface area (Å²) in [4.78, 5) is 24.6. The van der Waals surface area contributed by atoms with E-state index in [1.54, 1.807) is 0 Å². The number of aliphatic hydroxyl groups excluding tert-OH is 2. The summed E-state index contributed by atoms with van der Waals surface area (Å²) in [6.45, 7) is 4.94. The van der Waals surface area contributed by atoms with Crippen LogP contribution in [0.5, 0.6) is 0 Å². The molecule has 0 aliphatic heterocycles. The Hall–Kier alpha value is -1.66. The standard InChI is InChI=1S/C66H127NO5/c1-3-5-7-9-11-13-15-17-19-20-21-22-23-24-25-26-27-28-31-34-38-42-46-50-54-58-64(69)63(62-68)67-65(70)59-55-51-47-43-39-35-32-29-30-33-37-41-45-49-53-57-61-72-66(71)60-56-52-48-44-40-36-18-16-14-12-10-8-6-4-2/h16,18,29,32,63-64,68-69H,3-15,17,19-28,30-31,33-62H2,1-2H3,(H,67,70)/b18-16-,32-29-. The van der Waals surface area contributed by atoms with Crippen LogP contribution in [0.15, 0.2) is 24.3 Å². The van der Waals surface area contributed by atoms with Gasteiger partial charge in [0.05, 0.1) is 25.4 Å². The van der Waals surface area contributed by atoms with Crippen molar-refractivity contribution in [2.75, 3.05) is 13.2 Å². The van der Waals surface area contributed by atoms with Crippen LogP contribution < -0.4 is 5.32 Å². The molecular formula is C66H127NO5. The third kappa shape index (κ3) is 57.6. The topological polar surface area (TPSA) is 95.9 Å². The quantitative estimate of drug-likeness (QED) is 0.0320. The summed E-state index contributed by atoms with van der Waals surface area (Å²) >= 11 is 0. The van der Waals surface area contributed by atoms with Crippen molar-refractivity contribution in [1.29, 1.82) is 0 Å². The molecule has 0 aromatic heterocycles. The number of carbonyl (C=O) groups is 2. The summed E-state index contributed by atoms with van der Waals surface area (Å²) in [5.74, 6) is -0.0588. The highest BCUT2D eigenvalue weighted by molar-refractivity contribution is 5.76. The van der Waals surface area contributed by atoms with Crippen molar-refractivity contribution in [3.63, 3.8) is 0 Å². The molecule has 0 rings (SSSR count). The van der Waals surface area contributed by atoms with E-state index in [1.165, 1.54) is 263 Å². The zero-order chi connectivity index (χ0) is 52.2. The van der Waals surface area contributed by atoms with Gasteiger partial charge in [-0.05, 0) is 77.0 Å². The van der Waals surface area contributed by atoms with Gasteiger partial charge in [-0.2, -0.15) is 0 Å². The Balaban J connectivity index is 3.45. The highest BCUT2D eigenvalue weighted by Gasteiger charge is 2.20. The van der Waals surface area contributed by atoms with Crippen LogP contribution in [0, 0.1) is 0 Å². The van der Waals surface area contributed by atoms with Crippen LogP contribution in [0.1, 0.15) is 361 Å². The van der Waals surface area contributed by atoms with Gasteiger partial charge >= 0.3 is 5.97 Å². The molecule has 0 fully saturated rings. The maximum Gasteiger partial charge on any atom is 0.305 e. The van der Waals surface area contributed by atoms with Gasteiger partial charge in [-0.15, -0.1) is 0 Å². The number of hydrogen-bond acceptors (Lipinski definition) is 5. The molecule has 2 unspecified atom stereocenters. The van der Waals surface area contributed by atoms with Crippen molar-refractivity contribution in [2.45, 2.75) is 373 Å². The first-order valence-electron chi connectivity index (χ1n) is 32.6. The molecule has 0 heterocycles. The third-order valence-electron chi connectivity index (χ3n) is 15.2. The van der Waals surface area contributed by atoms with E-state index >= 15 is 0 Å². The van der Waals surface area contributed by atoms with E-state index in [2.05, 4.69) is 43.5 Å². The fourth-order valence-electron chi connectivity index (χ4n) is 10.2. The van der Waals surface area contributed by atoms with Crippen LogP contribution in [0.2, 0.25) is 0 Å². The molecule has 0 bridgehead atoms. The van der Waals surface area contributed by atoms with E-state index in [4.69, 9.17) is 4.74 Å². The average molecular weight is 1010 g/mol. The SMILES string of the molecule is CCCCCCC/C=C\CCCCCCCC(=O)OCCCCCCCCC/C=C\CCCCCCCC(=O)NC(CO)C(O)CCCCCCCCCCCCCCCCCCCCCCCCCCC. The number of unbranched alkanes of at least 4 members (excludes halogenated alkanes) is 46. The van der Waals surface area contributed by atoms with Crippen LogP contribution in [-0.2, 0) is 14.3 Å². The molecule has 0 radical (unpaired) electrons. The van der Waals surface area contributed by atoms with Crippen molar-refractivity contribution < 1.29 is 24.5 Å². The van der Waals surface area contributed by atoms with Gasteiger partial charge in [0.25, 0.3) is 0 Å². The van der Waals surface area contributed by atoms with Crippen molar-refractivity contribution >= 4 is 11.9 Å². The molecule has 0 aromatic rings. The number of ether oxygens (including phenoxy) is 1. The minimum absolute atomic E-state index is 0.0104. The Morgan fingerprint density at radius 2 is 0.653 bits per heavy atom. The third-order valence-corrected chi connectivity index (χ3v) is 15.2. The maximum atomic E-state index is 12.5. The Morgan fingerprint density at radius 1 is 0.375 bits per heavy atom. The zero-order valence-electron chi connectivity index (χ0n) is 48.7. The predicted molar refractivity (Wildman–Crippen MR) is 315 cm³/mol. The molecule has 0 saturated heterocycles.